The first-order valence-electron chi connectivity index (χ1n) is 10.1. The minimum atomic E-state index is -1.03. The van der Waals surface area contributed by atoms with E-state index in [0.717, 1.165) is 23.3 Å². The number of methoxy groups -OCH3 is 1. The molecule has 1 fully saturated rings. The van der Waals surface area contributed by atoms with Gasteiger partial charge in [-0.1, -0.05) is 39.0 Å². The Kier molecular flexibility index (Phi) is 5.95. The van der Waals surface area contributed by atoms with Crippen LogP contribution in [0, 0.1) is 11.3 Å². The molecular formula is C22H33O5Si. The molecule has 1 aromatic rings. The third kappa shape index (κ3) is 3.62. The molecule has 3 rings (SSSR count). The van der Waals surface area contributed by atoms with Crippen LogP contribution < -0.4 is 4.74 Å². The van der Waals surface area contributed by atoms with E-state index in [4.69, 9.17) is 13.9 Å². The molecule has 4 atom stereocenters. The van der Waals surface area contributed by atoms with Gasteiger partial charge in [-0.15, -0.1) is 0 Å². The molecule has 1 radical (unpaired) electrons. The zero-order valence-electron chi connectivity index (χ0n) is 17.9. The first-order valence-corrected chi connectivity index (χ1v) is 12.5. The Balaban J connectivity index is 2.01. The second-order valence-electron chi connectivity index (χ2n) is 9.32. The maximum atomic E-state index is 11.6. The lowest BCUT2D eigenvalue weighted by atomic mass is 9.69. The van der Waals surface area contributed by atoms with Gasteiger partial charge in [-0.25, -0.2) is 0 Å². The molecule has 1 heterocycles. The van der Waals surface area contributed by atoms with Crippen LogP contribution in [0.3, 0.4) is 0 Å². The summed E-state index contributed by atoms with van der Waals surface area (Å²) in [5, 5.41) is 10.6. The van der Waals surface area contributed by atoms with Gasteiger partial charge in [0.1, 0.15) is 11.9 Å². The Bertz CT molecular complexity index is 726. The molecule has 1 aliphatic heterocycles. The topological polar surface area (TPSA) is 65.0 Å². The Labute approximate surface area is 170 Å². The number of aliphatic hydroxyl groups is 1. The number of carbonyl (C=O) groups excluding carboxylic acids is 1. The van der Waals surface area contributed by atoms with Crippen molar-refractivity contribution in [2.45, 2.75) is 70.8 Å². The van der Waals surface area contributed by atoms with E-state index in [0.29, 0.717) is 12.8 Å². The van der Waals surface area contributed by atoms with E-state index in [1.54, 1.807) is 0 Å². The smallest absolute Gasteiger partial charge is 0.305 e. The molecule has 0 aromatic heterocycles. The van der Waals surface area contributed by atoms with Crippen LogP contribution in [0.5, 0.6) is 5.75 Å². The molecule has 0 unspecified atom stereocenters. The summed E-state index contributed by atoms with van der Waals surface area (Å²) < 4.78 is 17.9. The van der Waals surface area contributed by atoms with Crippen molar-refractivity contribution in [2.24, 2.45) is 11.3 Å². The van der Waals surface area contributed by atoms with Crippen LogP contribution in [-0.2, 0) is 20.4 Å². The number of carbonyl (C=O) groups is 1. The van der Waals surface area contributed by atoms with Gasteiger partial charge in [0.2, 0.25) is 9.04 Å². The van der Waals surface area contributed by atoms with Gasteiger partial charge in [0, 0.05) is 12.0 Å². The summed E-state index contributed by atoms with van der Waals surface area (Å²) in [6.45, 7) is 10.9. The van der Waals surface area contributed by atoms with Crippen LogP contribution in [-0.4, -0.2) is 45.5 Å². The normalized spacial score (nSPS) is 28.8. The second-order valence-corrected chi connectivity index (χ2v) is 11.3. The summed E-state index contributed by atoms with van der Waals surface area (Å²) in [7, 11) is 0.380. The first-order chi connectivity index (χ1) is 13.1. The van der Waals surface area contributed by atoms with Gasteiger partial charge in [0.05, 0.1) is 25.2 Å². The lowest BCUT2D eigenvalue weighted by Gasteiger charge is -2.45. The number of para-hydroxylation sites is 1. The molecule has 6 heteroatoms. The van der Waals surface area contributed by atoms with Gasteiger partial charge in [0.25, 0.3) is 0 Å². The fraction of sp³-hybridized carbons (Fsp3) is 0.682. The van der Waals surface area contributed by atoms with Crippen molar-refractivity contribution < 1.29 is 23.8 Å². The lowest BCUT2D eigenvalue weighted by molar-refractivity contribution is -0.140. The predicted molar refractivity (Wildman–Crippen MR) is 110 cm³/mol. The number of fused-ring (bicyclic) bond motifs is 3. The number of aliphatic hydroxyl groups excluding tert-OH is 1. The minimum Gasteiger partial charge on any atom is -0.489 e. The zero-order valence-corrected chi connectivity index (χ0v) is 18.9. The molecule has 0 spiro atoms. The number of aryl methyl sites for hydroxylation is 1. The molecule has 0 amide bonds. The number of esters is 1. The van der Waals surface area contributed by atoms with E-state index in [1.807, 2.05) is 12.1 Å². The van der Waals surface area contributed by atoms with Gasteiger partial charge in [-0.05, 0) is 42.8 Å². The molecule has 28 heavy (non-hydrogen) atoms. The van der Waals surface area contributed by atoms with Gasteiger partial charge in [0.15, 0.2) is 0 Å². The van der Waals surface area contributed by atoms with Crippen molar-refractivity contribution in [1.82, 2.24) is 0 Å². The third-order valence-corrected chi connectivity index (χ3v) is 6.99. The highest BCUT2D eigenvalue weighted by Gasteiger charge is 2.63. The lowest BCUT2D eigenvalue weighted by Crippen LogP contribution is -2.51. The maximum Gasteiger partial charge on any atom is 0.305 e. The van der Waals surface area contributed by atoms with E-state index in [9.17, 15) is 9.90 Å². The monoisotopic (exact) mass is 405 g/mol. The Hall–Kier alpha value is -1.37. The third-order valence-electron chi connectivity index (χ3n) is 6.20. The van der Waals surface area contributed by atoms with Crippen LogP contribution in [0.1, 0.15) is 50.7 Å². The number of hydrogen-bond donors (Lipinski definition) is 1. The van der Waals surface area contributed by atoms with Gasteiger partial charge >= 0.3 is 5.97 Å². The summed E-state index contributed by atoms with van der Waals surface area (Å²) >= 11 is 0. The zero-order chi connectivity index (χ0) is 20.7. The number of rotatable bonds is 6. The van der Waals surface area contributed by atoms with E-state index >= 15 is 0 Å². The fourth-order valence-corrected chi connectivity index (χ4v) is 6.30. The Morgan fingerprint density at radius 3 is 2.64 bits per heavy atom. The predicted octanol–water partition coefficient (Wildman–Crippen LogP) is 3.70. The van der Waals surface area contributed by atoms with Gasteiger partial charge in [-0.3, -0.25) is 4.79 Å². The fourth-order valence-electron chi connectivity index (χ4n) is 5.20. The summed E-state index contributed by atoms with van der Waals surface area (Å²) in [5.41, 5.74) is 1.50. The molecule has 155 valence electrons. The standard InChI is InChI=1S/C22H33O5Si/c1-21(2,3)17-12-16-19(22(17,13-23)27-28(5)6)15-9-7-8-14(20(15)26-16)10-11-18(24)25-4/h7-9,16-17,19,23H,10-13H2,1-6H3/t16-,17+,19-,22-/m0/s1. The van der Waals surface area contributed by atoms with Crippen LogP contribution in [0.15, 0.2) is 18.2 Å². The summed E-state index contributed by atoms with van der Waals surface area (Å²) in [4.78, 5) is 11.6. The van der Waals surface area contributed by atoms with Crippen LogP contribution in [0.4, 0.5) is 0 Å². The van der Waals surface area contributed by atoms with E-state index in [1.165, 1.54) is 7.11 Å². The summed E-state index contributed by atoms with van der Waals surface area (Å²) in [6, 6.07) is 6.13. The molecular weight excluding hydrogens is 372 g/mol. The van der Waals surface area contributed by atoms with Crippen LogP contribution >= 0.6 is 0 Å². The van der Waals surface area contributed by atoms with Crippen molar-refractivity contribution in [2.75, 3.05) is 13.7 Å². The Morgan fingerprint density at radius 1 is 1.36 bits per heavy atom. The molecule has 0 saturated heterocycles. The highest BCUT2D eigenvalue weighted by atomic mass is 28.3. The van der Waals surface area contributed by atoms with Gasteiger partial charge in [-0.2, -0.15) is 0 Å². The van der Waals surface area contributed by atoms with Crippen molar-refractivity contribution in [1.29, 1.82) is 0 Å². The van der Waals surface area contributed by atoms with E-state index in [-0.39, 0.29) is 35.9 Å². The molecule has 0 bridgehead atoms. The summed E-state index contributed by atoms with van der Waals surface area (Å²) in [5.74, 6) is 0.860. The maximum absolute atomic E-state index is 11.6. The van der Waals surface area contributed by atoms with Crippen molar-refractivity contribution in [3.8, 4) is 5.75 Å². The highest BCUT2D eigenvalue weighted by molar-refractivity contribution is 6.48. The minimum absolute atomic E-state index is 0.00357. The van der Waals surface area contributed by atoms with E-state index in [2.05, 4.69) is 39.9 Å². The van der Waals surface area contributed by atoms with Crippen LogP contribution in [0.2, 0.25) is 13.1 Å². The number of ether oxygens (including phenoxy) is 2. The van der Waals surface area contributed by atoms with Crippen molar-refractivity contribution in [3.63, 3.8) is 0 Å². The second kappa shape index (κ2) is 7.80. The molecule has 5 nitrogen and oxygen atoms in total. The van der Waals surface area contributed by atoms with Crippen LogP contribution in [0.25, 0.3) is 0 Å². The van der Waals surface area contributed by atoms with Crippen molar-refractivity contribution >= 4 is 15.0 Å². The molecule has 1 aromatic carbocycles. The van der Waals surface area contributed by atoms with E-state index < -0.39 is 14.6 Å². The SMILES string of the molecule is COC(=O)CCc1cccc2c1O[C@H]1C[C@H](C(C)(C)C)[C@](CO)(O[Si](C)C)[C@@H]21. The highest BCUT2D eigenvalue weighted by Crippen LogP contribution is 2.60. The molecule has 2 aliphatic rings. The first kappa shape index (κ1) is 21.3. The Morgan fingerprint density at radius 2 is 2.07 bits per heavy atom. The number of benzene rings is 1. The summed E-state index contributed by atoms with van der Waals surface area (Å²) in [6.07, 6.45) is 1.76. The average Bonchev–Trinajstić information content (AvgIpc) is 3.14. The van der Waals surface area contributed by atoms with Crippen molar-refractivity contribution in [3.05, 3.63) is 29.3 Å². The largest absolute Gasteiger partial charge is 0.489 e. The van der Waals surface area contributed by atoms with Gasteiger partial charge < -0.3 is 19.0 Å². The molecule has 1 saturated carbocycles. The molecule has 1 N–H and O–H groups in total. The average molecular weight is 406 g/mol. The number of hydrogen-bond acceptors (Lipinski definition) is 5. The quantitative estimate of drug-likeness (QED) is 0.577. The molecule has 1 aliphatic carbocycles.